The predicted molar refractivity (Wildman–Crippen MR) is 95.4 cm³/mol. The summed E-state index contributed by atoms with van der Waals surface area (Å²) in [6.45, 7) is 1.53. The Morgan fingerprint density at radius 1 is 1.25 bits per heavy atom. The molecule has 1 aliphatic rings. The highest BCUT2D eigenvalue weighted by Crippen LogP contribution is 2.28. The Labute approximate surface area is 144 Å². The van der Waals surface area contributed by atoms with Crippen LogP contribution in [0.4, 0.5) is 10.8 Å². The second-order valence-electron chi connectivity index (χ2n) is 6.00. The van der Waals surface area contributed by atoms with Crippen molar-refractivity contribution in [1.82, 2.24) is 4.98 Å². The summed E-state index contributed by atoms with van der Waals surface area (Å²) < 4.78 is 6.58. The summed E-state index contributed by atoms with van der Waals surface area (Å²) in [7, 11) is 0. The minimum atomic E-state index is -0.179. The van der Waals surface area contributed by atoms with E-state index in [0.29, 0.717) is 5.13 Å². The Bertz CT molecular complexity index is 738. The summed E-state index contributed by atoms with van der Waals surface area (Å²) in [5.41, 5.74) is 1.51. The summed E-state index contributed by atoms with van der Waals surface area (Å²) in [4.78, 5) is 27.5. The summed E-state index contributed by atoms with van der Waals surface area (Å²) in [5, 5.41) is 6.07. The lowest BCUT2D eigenvalue weighted by Crippen LogP contribution is -2.24. The number of anilines is 2. The van der Waals surface area contributed by atoms with Gasteiger partial charge in [0.25, 0.3) is 5.91 Å². The molecule has 0 radical (unpaired) electrons. The van der Waals surface area contributed by atoms with E-state index < -0.39 is 0 Å². The van der Waals surface area contributed by atoms with Gasteiger partial charge in [0.2, 0.25) is 5.91 Å². The highest BCUT2D eigenvalue weighted by Gasteiger charge is 2.16. The number of thiazole rings is 1. The van der Waals surface area contributed by atoms with Gasteiger partial charge in [0.1, 0.15) is 6.61 Å². The molecule has 128 valence electrons. The predicted octanol–water partition coefficient (Wildman–Crippen LogP) is 3.54. The maximum atomic E-state index is 12.0. The van der Waals surface area contributed by atoms with Gasteiger partial charge in [-0.1, -0.05) is 30.6 Å². The van der Waals surface area contributed by atoms with Gasteiger partial charge < -0.3 is 10.1 Å². The summed E-state index contributed by atoms with van der Waals surface area (Å²) >= 11 is 1.38. The number of rotatable bonds is 5. The van der Waals surface area contributed by atoms with Crippen LogP contribution in [0.2, 0.25) is 0 Å². The van der Waals surface area contributed by atoms with E-state index in [0.717, 1.165) is 28.7 Å². The number of carbonyl (C=O) groups is 2. The maximum Gasteiger partial charge on any atom is 0.252 e. The van der Waals surface area contributed by atoms with E-state index in [-0.39, 0.29) is 24.5 Å². The lowest BCUT2D eigenvalue weighted by Gasteiger charge is -2.21. The number of hydrogen-bond acceptors (Lipinski definition) is 5. The van der Waals surface area contributed by atoms with Crippen LogP contribution in [0, 0.1) is 0 Å². The van der Waals surface area contributed by atoms with Crippen LogP contribution in [0.15, 0.2) is 18.2 Å². The molecule has 3 rings (SSSR count). The fraction of sp³-hybridized carbons (Fsp3) is 0.471. The van der Waals surface area contributed by atoms with Crippen LogP contribution in [0.1, 0.15) is 39.0 Å². The van der Waals surface area contributed by atoms with E-state index in [1.54, 1.807) is 6.07 Å². The number of benzene rings is 1. The fourth-order valence-corrected chi connectivity index (χ4v) is 3.76. The van der Waals surface area contributed by atoms with E-state index in [1.807, 2.05) is 12.1 Å². The summed E-state index contributed by atoms with van der Waals surface area (Å²) in [6, 6.07) is 5.47. The van der Waals surface area contributed by atoms with Crippen molar-refractivity contribution in [2.45, 2.75) is 45.1 Å². The Morgan fingerprint density at radius 3 is 2.79 bits per heavy atom. The second kappa shape index (κ2) is 7.72. The number of hydrogen-bond donors (Lipinski definition) is 2. The lowest BCUT2D eigenvalue weighted by atomic mass is 9.98. The van der Waals surface area contributed by atoms with Gasteiger partial charge >= 0.3 is 0 Å². The molecule has 1 saturated carbocycles. The minimum absolute atomic E-state index is 0.0672. The zero-order chi connectivity index (χ0) is 16.9. The number of nitrogens with zero attached hydrogens (tertiary/aromatic N) is 1. The molecule has 0 saturated heterocycles. The molecule has 0 spiro atoms. The third-order valence-corrected chi connectivity index (χ3v) is 4.89. The first-order valence-electron chi connectivity index (χ1n) is 8.20. The first kappa shape index (κ1) is 16.9. The SMILES string of the molecule is CC(=O)Nc1ccc2nc(NC(=O)COC3CCCCC3)sc2c1. The molecule has 0 aliphatic heterocycles. The van der Waals surface area contributed by atoms with Crippen LogP contribution in [-0.2, 0) is 14.3 Å². The van der Waals surface area contributed by atoms with Crippen LogP contribution < -0.4 is 10.6 Å². The number of ether oxygens (including phenoxy) is 1. The van der Waals surface area contributed by atoms with E-state index >= 15 is 0 Å². The first-order valence-corrected chi connectivity index (χ1v) is 9.01. The Balaban J connectivity index is 1.57. The van der Waals surface area contributed by atoms with Crippen molar-refractivity contribution in [3.05, 3.63) is 18.2 Å². The molecule has 2 amide bonds. The molecule has 24 heavy (non-hydrogen) atoms. The van der Waals surface area contributed by atoms with E-state index in [4.69, 9.17) is 4.74 Å². The molecule has 2 N–H and O–H groups in total. The Kier molecular flexibility index (Phi) is 5.42. The van der Waals surface area contributed by atoms with Gasteiger partial charge in [0, 0.05) is 12.6 Å². The molecule has 0 atom stereocenters. The lowest BCUT2D eigenvalue weighted by molar-refractivity contribution is -0.123. The van der Waals surface area contributed by atoms with Crippen molar-refractivity contribution in [1.29, 1.82) is 0 Å². The van der Waals surface area contributed by atoms with Gasteiger partial charge in [-0.2, -0.15) is 0 Å². The van der Waals surface area contributed by atoms with E-state index in [9.17, 15) is 9.59 Å². The van der Waals surface area contributed by atoms with E-state index in [2.05, 4.69) is 15.6 Å². The number of amides is 2. The number of fused-ring (bicyclic) bond motifs is 1. The third kappa shape index (κ3) is 4.52. The molecule has 1 heterocycles. The van der Waals surface area contributed by atoms with Gasteiger partial charge in [0.05, 0.1) is 16.3 Å². The molecule has 7 heteroatoms. The second-order valence-corrected chi connectivity index (χ2v) is 7.03. The van der Waals surface area contributed by atoms with Crippen LogP contribution in [-0.4, -0.2) is 29.5 Å². The molecule has 2 aromatic rings. The standard InChI is InChI=1S/C17H21N3O3S/c1-11(21)18-12-7-8-14-15(9-12)24-17(19-14)20-16(22)10-23-13-5-3-2-4-6-13/h7-9,13H,2-6,10H2,1H3,(H,18,21)(H,19,20,22). The maximum absolute atomic E-state index is 12.0. The zero-order valence-electron chi connectivity index (χ0n) is 13.6. The van der Waals surface area contributed by atoms with Crippen molar-refractivity contribution in [3.8, 4) is 0 Å². The van der Waals surface area contributed by atoms with Gasteiger partial charge in [-0.05, 0) is 31.0 Å². The van der Waals surface area contributed by atoms with Gasteiger partial charge in [-0.15, -0.1) is 0 Å². The number of aromatic nitrogens is 1. The zero-order valence-corrected chi connectivity index (χ0v) is 14.4. The normalized spacial score (nSPS) is 15.4. The quantitative estimate of drug-likeness (QED) is 0.867. The van der Waals surface area contributed by atoms with Crippen LogP contribution in [0.5, 0.6) is 0 Å². The number of nitrogens with one attached hydrogen (secondary N) is 2. The molecule has 0 bridgehead atoms. The van der Waals surface area contributed by atoms with Crippen molar-refractivity contribution >= 4 is 44.2 Å². The molecule has 0 unspecified atom stereocenters. The van der Waals surface area contributed by atoms with Crippen molar-refractivity contribution in [2.75, 3.05) is 17.2 Å². The molecular weight excluding hydrogens is 326 g/mol. The fourth-order valence-electron chi connectivity index (χ4n) is 2.84. The van der Waals surface area contributed by atoms with Crippen LogP contribution in [0.3, 0.4) is 0 Å². The number of carbonyl (C=O) groups excluding carboxylic acids is 2. The summed E-state index contributed by atoms with van der Waals surface area (Å²) in [5.74, 6) is -0.297. The Hall–Kier alpha value is -1.99. The average Bonchev–Trinajstić information content (AvgIpc) is 2.94. The Morgan fingerprint density at radius 2 is 2.04 bits per heavy atom. The average molecular weight is 347 g/mol. The van der Waals surface area contributed by atoms with Gasteiger partial charge in [-0.3, -0.25) is 14.9 Å². The highest BCUT2D eigenvalue weighted by atomic mass is 32.1. The monoisotopic (exact) mass is 347 g/mol. The van der Waals surface area contributed by atoms with Crippen molar-refractivity contribution < 1.29 is 14.3 Å². The molecule has 1 fully saturated rings. The van der Waals surface area contributed by atoms with Crippen molar-refractivity contribution in [2.24, 2.45) is 0 Å². The largest absolute Gasteiger partial charge is 0.368 e. The van der Waals surface area contributed by atoms with Crippen LogP contribution in [0.25, 0.3) is 10.2 Å². The first-order chi connectivity index (χ1) is 11.6. The van der Waals surface area contributed by atoms with Gasteiger partial charge in [-0.25, -0.2) is 4.98 Å². The topological polar surface area (TPSA) is 80.3 Å². The van der Waals surface area contributed by atoms with Gasteiger partial charge in [0.15, 0.2) is 5.13 Å². The van der Waals surface area contributed by atoms with E-state index in [1.165, 1.54) is 37.5 Å². The molecule has 6 nitrogen and oxygen atoms in total. The van der Waals surface area contributed by atoms with Crippen LogP contribution >= 0.6 is 11.3 Å². The summed E-state index contributed by atoms with van der Waals surface area (Å²) in [6.07, 6.45) is 5.92. The molecule has 1 aromatic carbocycles. The molecular formula is C17H21N3O3S. The minimum Gasteiger partial charge on any atom is -0.368 e. The third-order valence-electron chi connectivity index (χ3n) is 3.96. The van der Waals surface area contributed by atoms with Crippen molar-refractivity contribution in [3.63, 3.8) is 0 Å². The molecule has 1 aromatic heterocycles. The highest BCUT2D eigenvalue weighted by molar-refractivity contribution is 7.22. The molecule has 1 aliphatic carbocycles. The smallest absolute Gasteiger partial charge is 0.252 e.